The second kappa shape index (κ2) is 5.50. The van der Waals surface area contributed by atoms with E-state index in [0.717, 1.165) is 0 Å². The second-order valence-electron chi connectivity index (χ2n) is 3.41. The molecule has 3 heteroatoms. The standard InChI is InChI=1S/C13H13PSe2/c1-16-14(15,12-8-4-2-5-9-12)13-10-6-3-7-11-13/h2-11H,1H3. The van der Waals surface area contributed by atoms with Crippen molar-refractivity contribution in [3.8, 4) is 0 Å². The van der Waals surface area contributed by atoms with Gasteiger partial charge >= 0.3 is 111 Å². The summed E-state index contributed by atoms with van der Waals surface area (Å²) in [6.07, 6.45) is 0. The number of rotatable bonds is 3. The molecule has 82 valence electrons. The molecule has 0 atom stereocenters. The first kappa shape index (κ1) is 12.4. The summed E-state index contributed by atoms with van der Waals surface area (Å²) in [5.41, 5.74) is 0. The molecule has 0 aromatic heterocycles. The Morgan fingerprint density at radius 2 is 1.19 bits per heavy atom. The van der Waals surface area contributed by atoms with Crippen LogP contribution in [0.1, 0.15) is 0 Å². The van der Waals surface area contributed by atoms with Crippen molar-refractivity contribution in [1.82, 2.24) is 0 Å². The molecule has 0 saturated carbocycles. The predicted molar refractivity (Wildman–Crippen MR) is 76.4 cm³/mol. The van der Waals surface area contributed by atoms with Crippen molar-refractivity contribution >= 4 is 44.4 Å². The Labute approximate surface area is 110 Å². The summed E-state index contributed by atoms with van der Waals surface area (Å²) in [6.45, 7) is 0. The average molecular weight is 358 g/mol. The van der Waals surface area contributed by atoms with Crippen LogP contribution >= 0.6 is 4.20 Å². The average Bonchev–Trinajstić information content (AvgIpc) is 2.40. The minimum absolute atomic E-state index is 0.593. The van der Waals surface area contributed by atoms with Gasteiger partial charge in [-0.1, -0.05) is 0 Å². The first-order valence-electron chi connectivity index (χ1n) is 5.04. The maximum absolute atomic E-state index is 3.51. The molecule has 0 saturated heterocycles. The normalized spacial score (nSPS) is 11.3. The fourth-order valence-corrected chi connectivity index (χ4v) is 9.18. The van der Waals surface area contributed by atoms with E-state index >= 15 is 0 Å². The van der Waals surface area contributed by atoms with E-state index in [0.29, 0.717) is 14.5 Å². The molecule has 0 amide bonds. The van der Waals surface area contributed by atoms with Gasteiger partial charge in [-0.05, 0) is 0 Å². The molecule has 0 spiro atoms. The fourth-order valence-electron chi connectivity index (χ4n) is 1.61. The van der Waals surface area contributed by atoms with Crippen LogP contribution in [0.15, 0.2) is 60.7 Å². The van der Waals surface area contributed by atoms with Gasteiger partial charge in [0.2, 0.25) is 0 Å². The quantitative estimate of drug-likeness (QED) is 0.584. The van der Waals surface area contributed by atoms with Gasteiger partial charge in [-0.3, -0.25) is 0 Å². The van der Waals surface area contributed by atoms with E-state index in [2.05, 4.69) is 81.6 Å². The number of hydrogen-bond donors (Lipinski definition) is 0. The van der Waals surface area contributed by atoms with Crippen LogP contribution in [0.5, 0.6) is 0 Å². The molecule has 2 aromatic rings. The third-order valence-electron chi connectivity index (χ3n) is 2.45. The van der Waals surface area contributed by atoms with Crippen LogP contribution in [0.4, 0.5) is 0 Å². The third kappa shape index (κ3) is 2.43. The molecule has 0 unspecified atom stereocenters. The summed E-state index contributed by atoms with van der Waals surface area (Å²) >= 11 is 4.10. The van der Waals surface area contributed by atoms with E-state index in [1.165, 1.54) is 10.6 Å². The Morgan fingerprint density at radius 1 is 0.812 bits per heavy atom. The van der Waals surface area contributed by atoms with E-state index in [1.807, 2.05) is 0 Å². The summed E-state index contributed by atoms with van der Waals surface area (Å²) in [5, 5.41) is 2.95. The molecular weight excluding hydrogens is 345 g/mol. The van der Waals surface area contributed by atoms with Gasteiger partial charge in [0.05, 0.1) is 0 Å². The molecule has 0 aliphatic heterocycles. The Balaban J connectivity index is 2.54. The van der Waals surface area contributed by atoms with Crippen molar-refractivity contribution in [2.75, 3.05) is 0 Å². The van der Waals surface area contributed by atoms with Gasteiger partial charge in [0.1, 0.15) is 0 Å². The molecule has 0 bridgehead atoms. The SMILES string of the molecule is C[Se]P(=[Se])(c1ccccc1)c1ccccc1. The van der Waals surface area contributed by atoms with Crippen molar-refractivity contribution in [3.05, 3.63) is 60.7 Å². The van der Waals surface area contributed by atoms with Gasteiger partial charge in [-0.15, -0.1) is 0 Å². The minimum atomic E-state index is -1.22. The Kier molecular flexibility index (Phi) is 4.25. The Hall–Kier alpha value is -0.0910. The van der Waals surface area contributed by atoms with E-state index < -0.39 is 4.20 Å². The molecule has 0 aliphatic rings. The van der Waals surface area contributed by atoms with Gasteiger partial charge in [0.15, 0.2) is 0 Å². The van der Waals surface area contributed by atoms with Crippen LogP contribution in [-0.2, 0) is 0 Å². The van der Waals surface area contributed by atoms with Crippen molar-refractivity contribution < 1.29 is 0 Å². The summed E-state index contributed by atoms with van der Waals surface area (Å²) in [5.74, 6) is 2.33. The van der Waals surface area contributed by atoms with Gasteiger partial charge in [0, 0.05) is 0 Å². The molecule has 0 N–H and O–H groups in total. The third-order valence-corrected chi connectivity index (χ3v) is 18.3. The topological polar surface area (TPSA) is 0 Å². The Bertz CT molecular complexity index is 450. The molecular formula is C13H13PSe2. The fraction of sp³-hybridized carbons (Fsp3) is 0.0769. The molecule has 16 heavy (non-hydrogen) atoms. The van der Waals surface area contributed by atoms with Gasteiger partial charge in [-0.2, -0.15) is 0 Å². The zero-order valence-corrected chi connectivity index (χ0v) is 13.4. The van der Waals surface area contributed by atoms with Crippen LogP contribution < -0.4 is 10.6 Å². The summed E-state index contributed by atoms with van der Waals surface area (Å²) in [6, 6.07) is 21.7. The van der Waals surface area contributed by atoms with Gasteiger partial charge in [-0.25, -0.2) is 0 Å². The van der Waals surface area contributed by atoms with Gasteiger partial charge in [0.25, 0.3) is 0 Å². The van der Waals surface area contributed by atoms with Crippen molar-refractivity contribution in [1.29, 1.82) is 0 Å². The molecule has 0 radical (unpaired) electrons. The monoisotopic (exact) mass is 360 g/mol. The summed E-state index contributed by atoms with van der Waals surface area (Å²) in [4.78, 5) is 0. The first-order chi connectivity index (χ1) is 7.77. The van der Waals surface area contributed by atoms with Crippen LogP contribution in [-0.4, -0.2) is 29.6 Å². The Morgan fingerprint density at radius 3 is 1.50 bits per heavy atom. The molecule has 0 nitrogen and oxygen atoms in total. The zero-order valence-electron chi connectivity index (χ0n) is 9.04. The zero-order chi connectivity index (χ0) is 11.4. The van der Waals surface area contributed by atoms with E-state index in [4.69, 9.17) is 0 Å². The predicted octanol–water partition coefficient (Wildman–Crippen LogP) is 2.41. The van der Waals surface area contributed by atoms with Crippen LogP contribution in [0, 0.1) is 0 Å². The maximum atomic E-state index is 3.51. The van der Waals surface area contributed by atoms with Crippen LogP contribution in [0.2, 0.25) is 5.82 Å². The molecule has 2 aromatic carbocycles. The molecule has 0 aliphatic carbocycles. The van der Waals surface area contributed by atoms with Gasteiger partial charge < -0.3 is 0 Å². The van der Waals surface area contributed by atoms with E-state index in [1.54, 1.807) is 0 Å². The molecule has 0 heterocycles. The summed E-state index contributed by atoms with van der Waals surface area (Å²) < 4.78 is -1.22. The number of hydrogen-bond acceptors (Lipinski definition) is 0. The first-order valence-corrected chi connectivity index (χ1v) is 13.0. The van der Waals surface area contributed by atoms with Crippen molar-refractivity contribution in [3.63, 3.8) is 0 Å². The van der Waals surface area contributed by atoms with Crippen LogP contribution in [0.3, 0.4) is 0 Å². The van der Waals surface area contributed by atoms with Crippen molar-refractivity contribution in [2.45, 2.75) is 5.82 Å². The molecule has 2 rings (SSSR count). The van der Waals surface area contributed by atoms with Crippen LogP contribution in [0.25, 0.3) is 0 Å². The van der Waals surface area contributed by atoms with E-state index in [-0.39, 0.29) is 0 Å². The second-order valence-corrected chi connectivity index (χ2v) is 18.6. The molecule has 0 fully saturated rings. The summed E-state index contributed by atoms with van der Waals surface area (Å²) in [7, 11) is 0. The number of benzene rings is 2. The van der Waals surface area contributed by atoms with E-state index in [9.17, 15) is 0 Å². The van der Waals surface area contributed by atoms with Crippen molar-refractivity contribution in [2.24, 2.45) is 0 Å².